The van der Waals surface area contributed by atoms with Crippen LogP contribution in [0.2, 0.25) is 0 Å². The average molecular weight is 91.2 g/mol. The molecule has 6 heavy (non-hydrogen) atoms. The molecular formula is C4H13NO. The van der Waals surface area contributed by atoms with Crippen LogP contribution in [0.4, 0.5) is 0 Å². The second kappa shape index (κ2) is 2.16. The van der Waals surface area contributed by atoms with Gasteiger partial charge in [-0.1, -0.05) is 0 Å². The first-order valence-electron chi connectivity index (χ1n) is 1.79. The first-order valence-corrected chi connectivity index (χ1v) is 1.79. The van der Waals surface area contributed by atoms with Gasteiger partial charge in [0.1, 0.15) is 0 Å². The van der Waals surface area contributed by atoms with E-state index in [1.807, 2.05) is 20.8 Å². The van der Waals surface area contributed by atoms with Crippen molar-refractivity contribution in [3.05, 3.63) is 0 Å². The summed E-state index contributed by atoms with van der Waals surface area (Å²) in [7, 11) is 0. The van der Waals surface area contributed by atoms with E-state index in [9.17, 15) is 0 Å². The van der Waals surface area contributed by atoms with Crippen molar-refractivity contribution in [1.82, 2.24) is 0 Å². The van der Waals surface area contributed by atoms with Gasteiger partial charge in [-0.3, -0.25) is 0 Å². The van der Waals surface area contributed by atoms with Gasteiger partial charge in [0.25, 0.3) is 0 Å². The van der Waals surface area contributed by atoms with Crippen molar-refractivity contribution < 1.29 is 5.48 Å². The molecule has 0 atom stereocenters. The molecule has 0 fully saturated rings. The average Bonchev–Trinajstić information content (AvgIpc) is 0.722. The molecule has 0 rings (SSSR count). The maximum absolute atomic E-state index is 5.35. The Labute approximate surface area is 38.7 Å². The quantitative estimate of drug-likeness (QED) is 0.445. The molecule has 0 unspecified atom stereocenters. The van der Waals surface area contributed by atoms with Crippen LogP contribution in [0.3, 0.4) is 0 Å². The third-order valence-electron chi connectivity index (χ3n) is 0. The fourth-order valence-electron chi connectivity index (χ4n) is 0. The van der Waals surface area contributed by atoms with Gasteiger partial charge in [-0.05, 0) is 20.8 Å². The van der Waals surface area contributed by atoms with Gasteiger partial charge >= 0.3 is 0 Å². The third kappa shape index (κ3) is 5220. The molecule has 0 heterocycles. The van der Waals surface area contributed by atoms with Crippen LogP contribution in [0.5, 0.6) is 0 Å². The summed E-state index contributed by atoms with van der Waals surface area (Å²) in [6.07, 6.45) is 0. The Kier molecular flexibility index (Phi) is 3.35. The van der Waals surface area contributed by atoms with Gasteiger partial charge in [-0.2, -0.15) is 0 Å². The topological polar surface area (TPSA) is 57.5 Å². The summed E-state index contributed by atoms with van der Waals surface area (Å²) >= 11 is 0. The Balaban J connectivity index is 0. The molecule has 0 aliphatic heterocycles. The van der Waals surface area contributed by atoms with Crippen LogP contribution >= 0.6 is 0 Å². The highest BCUT2D eigenvalue weighted by molar-refractivity contribution is 4.60. The third-order valence-corrected chi connectivity index (χ3v) is 0. The van der Waals surface area contributed by atoms with Crippen molar-refractivity contribution in [3.63, 3.8) is 0 Å². The Hall–Kier alpha value is -0.0800. The molecule has 0 amide bonds. The van der Waals surface area contributed by atoms with E-state index >= 15 is 0 Å². The summed E-state index contributed by atoms with van der Waals surface area (Å²) in [5.74, 6) is 0. The second-order valence-corrected chi connectivity index (χ2v) is 2.37. The van der Waals surface area contributed by atoms with Crippen LogP contribution in [0.15, 0.2) is 0 Å². The maximum atomic E-state index is 5.35. The lowest BCUT2D eigenvalue weighted by atomic mass is 10.1. The molecule has 0 aromatic carbocycles. The number of nitrogens with two attached hydrogens (primary N) is 1. The Morgan fingerprint density at radius 2 is 1.17 bits per heavy atom. The summed E-state index contributed by atoms with van der Waals surface area (Å²) in [6, 6.07) is 0. The standard InChI is InChI=1S/C4H11N.H2O/c1-4(2,3)5;/h5H2,1-3H3;1H2. The SMILES string of the molecule is CC(C)(C)N.O. The highest BCUT2D eigenvalue weighted by Crippen LogP contribution is 1.88. The number of hydrogen-bond acceptors (Lipinski definition) is 1. The van der Waals surface area contributed by atoms with Gasteiger partial charge in [0, 0.05) is 5.54 Å². The lowest BCUT2D eigenvalue weighted by Gasteiger charge is -2.06. The molecule has 2 nitrogen and oxygen atoms in total. The normalized spacial score (nSPS) is 10.0. The molecule has 0 saturated carbocycles. The molecule has 0 radical (unpaired) electrons. The van der Waals surface area contributed by atoms with E-state index in [-0.39, 0.29) is 11.0 Å². The lowest BCUT2D eigenvalue weighted by Crippen LogP contribution is -2.26. The molecule has 4 N–H and O–H groups in total. The van der Waals surface area contributed by atoms with Gasteiger partial charge in [-0.15, -0.1) is 0 Å². The molecule has 0 spiro atoms. The van der Waals surface area contributed by atoms with Gasteiger partial charge in [0.05, 0.1) is 0 Å². The Bertz CT molecular complexity index is 23.0. The van der Waals surface area contributed by atoms with Crippen molar-refractivity contribution >= 4 is 0 Å². The summed E-state index contributed by atoms with van der Waals surface area (Å²) in [5, 5.41) is 0. The molecular weight excluding hydrogens is 78.0 g/mol. The van der Waals surface area contributed by atoms with E-state index < -0.39 is 0 Å². The van der Waals surface area contributed by atoms with Crippen molar-refractivity contribution in [2.45, 2.75) is 26.3 Å². The highest BCUT2D eigenvalue weighted by Gasteiger charge is 1.95. The van der Waals surface area contributed by atoms with Crippen LogP contribution < -0.4 is 5.73 Å². The molecule has 2 heteroatoms. The van der Waals surface area contributed by atoms with Crippen molar-refractivity contribution in [2.75, 3.05) is 0 Å². The van der Waals surface area contributed by atoms with E-state index in [0.29, 0.717) is 0 Å². The van der Waals surface area contributed by atoms with Crippen molar-refractivity contribution in [3.8, 4) is 0 Å². The van der Waals surface area contributed by atoms with Crippen LogP contribution in [0, 0.1) is 0 Å². The minimum Gasteiger partial charge on any atom is -0.412 e. The summed E-state index contributed by atoms with van der Waals surface area (Å²) in [6.45, 7) is 5.90. The van der Waals surface area contributed by atoms with E-state index in [2.05, 4.69) is 0 Å². The summed E-state index contributed by atoms with van der Waals surface area (Å²) < 4.78 is 0. The predicted molar refractivity (Wildman–Crippen MR) is 27.6 cm³/mol. The van der Waals surface area contributed by atoms with E-state index in [4.69, 9.17) is 5.73 Å². The Morgan fingerprint density at radius 3 is 1.17 bits per heavy atom. The van der Waals surface area contributed by atoms with Crippen LogP contribution in [-0.2, 0) is 0 Å². The van der Waals surface area contributed by atoms with Crippen LogP contribution in [0.1, 0.15) is 20.8 Å². The molecule has 0 aromatic rings. The predicted octanol–water partition coefficient (Wildman–Crippen LogP) is -0.0811. The zero-order valence-corrected chi connectivity index (χ0v) is 4.58. The van der Waals surface area contributed by atoms with Crippen LogP contribution in [0.25, 0.3) is 0 Å². The molecule has 0 bridgehead atoms. The van der Waals surface area contributed by atoms with Gasteiger partial charge in [0.2, 0.25) is 0 Å². The molecule has 40 valence electrons. The largest absolute Gasteiger partial charge is 0.412 e. The smallest absolute Gasteiger partial charge is 0.00686 e. The fourth-order valence-corrected chi connectivity index (χ4v) is 0. The first-order chi connectivity index (χ1) is 2.00. The molecule has 0 aliphatic carbocycles. The van der Waals surface area contributed by atoms with E-state index in [1.54, 1.807) is 0 Å². The number of hydrogen-bond donors (Lipinski definition) is 1. The summed E-state index contributed by atoms with van der Waals surface area (Å²) in [5.41, 5.74) is 5.35. The van der Waals surface area contributed by atoms with E-state index in [0.717, 1.165) is 0 Å². The maximum Gasteiger partial charge on any atom is 0.00686 e. The van der Waals surface area contributed by atoms with Crippen molar-refractivity contribution in [1.29, 1.82) is 0 Å². The van der Waals surface area contributed by atoms with Crippen LogP contribution in [-0.4, -0.2) is 11.0 Å². The minimum absolute atomic E-state index is 0. The zero-order valence-electron chi connectivity index (χ0n) is 4.58. The molecule has 0 aromatic heterocycles. The minimum atomic E-state index is 0. The molecule has 0 saturated heterocycles. The summed E-state index contributed by atoms with van der Waals surface area (Å²) in [4.78, 5) is 0. The monoisotopic (exact) mass is 91.1 g/mol. The van der Waals surface area contributed by atoms with Gasteiger partial charge in [-0.25, -0.2) is 0 Å². The zero-order chi connectivity index (χ0) is 4.50. The Morgan fingerprint density at radius 1 is 1.17 bits per heavy atom. The molecule has 0 aliphatic rings. The lowest BCUT2D eigenvalue weighted by molar-refractivity contribution is 0.580. The first kappa shape index (κ1) is 9.33. The van der Waals surface area contributed by atoms with Gasteiger partial charge < -0.3 is 11.2 Å². The van der Waals surface area contributed by atoms with Gasteiger partial charge in [0.15, 0.2) is 0 Å². The fraction of sp³-hybridized carbons (Fsp3) is 1.00. The van der Waals surface area contributed by atoms with Crippen molar-refractivity contribution in [2.24, 2.45) is 5.73 Å². The number of rotatable bonds is 0. The highest BCUT2D eigenvalue weighted by atomic mass is 16.0. The van der Waals surface area contributed by atoms with E-state index in [1.165, 1.54) is 0 Å². The second-order valence-electron chi connectivity index (χ2n) is 2.37.